The number of nitrogen functional groups attached to an aromatic ring is 1. The van der Waals surface area contributed by atoms with Crippen molar-refractivity contribution >= 4 is 22.8 Å². The second-order valence-corrected chi connectivity index (χ2v) is 10.2. The minimum Gasteiger partial charge on any atom is -0.489 e. The number of nitrogens with one attached hydrogen (secondary N) is 1. The third-order valence-corrected chi connectivity index (χ3v) is 7.25. The maximum absolute atomic E-state index is 9.13. The Labute approximate surface area is 235 Å². The van der Waals surface area contributed by atoms with Gasteiger partial charge < -0.3 is 20.8 Å². The quantitative estimate of drug-likeness (QED) is 0.308. The Morgan fingerprint density at radius 1 is 0.902 bits per heavy atom. The summed E-state index contributed by atoms with van der Waals surface area (Å²) in [4.78, 5) is 27.1. The van der Waals surface area contributed by atoms with Crippen LogP contribution in [0, 0.1) is 11.3 Å². The average molecular weight is 546 g/mol. The minimum atomic E-state index is 0.150. The highest BCUT2D eigenvalue weighted by molar-refractivity contribution is 5.82. The first kappa shape index (κ1) is 24.7. The van der Waals surface area contributed by atoms with Crippen LogP contribution in [0.1, 0.15) is 31.5 Å². The van der Waals surface area contributed by atoms with Crippen molar-refractivity contribution in [1.29, 1.82) is 5.26 Å². The molecule has 0 bridgehead atoms. The van der Waals surface area contributed by atoms with E-state index in [2.05, 4.69) is 34.9 Å². The van der Waals surface area contributed by atoms with Gasteiger partial charge in [0, 0.05) is 31.5 Å². The van der Waals surface area contributed by atoms with E-state index in [1.807, 2.05) is 42.5 Å². The van der Waals surface area contributed by atoms with Crippen LogP contribution in [0.4, 0.5) is 11.6 Å². The van der Waals surface area contributed by atoms with Gasteiger partial charge in [0.15, 0.2) is 11.5 Å². The summed E-state index contributed by atoms with van der Waals surface area (Å²) < 4.78 is 7.92. The van der Waals surface area contributed by atoms with Crippen LogP contribution in [0.25, 0.3) is 33.9 Å². The predicted octanol–water partition coefficient (Wildman–Crippen LogP) is 3.55. The van der Waals surface area contributed by atoms with Crippen LogP contribution in [0.2, 0.25) is 0 Å². The molecule has 1 aliphatic heterocycles. The lowest BCUT2D eigenvalue weighted by atomic mass is 10.1. The fourth-order valence-electron chi connectivity index (χ4n) is 5.03. The molecule has 12 nitrogen and oxygen atoms in total. The van der Waals surface area contributed by atoms with Crippen molar-refractivity contribution in [1.82, 2.24) is 34.6 Å². The van der Waals surface area contributed by atoms with Gasteiger partial charge >= 0.3 is 0 Å². The molecule has 5 aromatic heterocycles. The summed E-state index contributed by atoms with van der Waals surface area (Å²) in [6, 6.07) is 15.5. The smallest absolute Gasteiger partial charge is 0.234 e. The number of pyridine rings is 3. The Balaban J connectivity index is 1.20. The van der Waals surface area contributed by atoms with Gasteiger partial charge in [-0.05, 0) is 68.1 Å². The van der Waals surface area contributed by atoms with Crippen LogP contribution in [-0.4, -0.2) is 59.8 Å². The molecule has 7 rings (SSSR count). The first-order valence-corrected chi connectivity index (χ1v) is 13.6. The molecule has 1 aliphatic carbocycles. The lowest BCUT2D eigenvalue weighted by Gasteiger charge is -2.35. The van der Waals surface area contributed by atoms with Crippen LogP contribution >= 0.6 is 0 Å². The summed E-state index contributed by atoms with van der Waals surface area (Å²) in [5.41, 5.74) is 10.0. The van der Waals surface area contributed by atoms with E-state index in [1.54, 1.807) is 24.7 Å². The summed E-state index contributed by atoms with van der Waals surface area (Å²) in [6.45, 7) is 1.48. The zero-order valence-corrected chi connectivity index (χ0v) is 22.2. The first-order chi connectivity index (χ1) is 20.1. The maximum atomic E-state index is 9.13. The molecule has 2 fully saturated rings. The van der Waals surface area contributed by atoms with E-state index in [9.17, 15) is 0 Å². The zero-order chi connectivity index (χ0) is 27.8. The molecule has 41 heavy (non-hydrogen) atoms. The highest BCUT2D eigenvalue weighted by Crippen LogP contribution is 2.31. The highest BCUT2D eigenvalue weighted by Gasteiger charge is 2.26. The lowest BCUT2D eigenvalue weighted by molar-refractivity contribution is 0.302. The van der Waals surface area contributed by atoms with Gasteiger partial charge in [0.1, 0.15) is 29.0 Å². The topological polar surface area (TPSA) is 157 Å². The summed E-state index contributed by atoms with van der Waals surface area (Å²) in [5.74, 6) is 2.68. The van der Waals surface area contributed by atoms with Crippen molar-refractivity contribution in [2.45, 2.75) is 37.8 Å². The average Bonchev–Trinajstić information content (AvgIpc) is 3.75. The number of anilines is 2. The number of hydrogen-bond donors (Lipinski definition) is 2. The van der Waals surface area contributed by atoms with Crippen molar-refractivity contribution < 1.29 is 4.74 Å². The fraction of sp³-hybridized carbons (Fsp3) is 0.276. The lowest BCUT2D eigenvalue weighted by Crippen LogP contribution is -2.45. The summed E-state index contributed by atoms with van der Waals surface area (Å²) in [7, 11) is 0. The molecule has 0 atom stereocenters. The third kappa shape index (κ3) is 5.05. The normalized spacial score (nSPS) is 15.5. The van der Waals surface area contributed by atoms with E-state index in [0.717, 1.165) is 72.6 Å². The molecule has 2 aliphatic rings. The van der Waals surface area contributed by atoms with Crippen LogP contribution in [0.15, 0.2) is 61.1 Å². The van der Waals surface area contributed by atoms with Crippen molar-refractivity contribution in [3.05, 3.63) is 66.9 Å². The second-order valence-electron chi connectivity index (χ2n) is 10.2. The Morgan fingerprint density at radius 3 is 2.51 bits per heavy atom. The fourth-order valence-corrected chi connectivity index (χ4v) is 5.03. The molecule has 0 radical (unpaired) electrons. The van der Waals surface area contributed by atoms with E-state index in [1.165, 1.54) is 0 Å². The van der Waals surface area contributed by atoms with Gasteiger partial charge in [-0.15, -0.1) is 0 Å². The van der Waals surface area contributed by atoms with Crippen LogP contribution < -0.4 is 20.8 Å². The van der Waals surface area contributed by atoms with Crippen molar-refractivity contribution in [2.75, 3.05) is 29.1 Å². The Bertz CT molecular complexity index is 1750. The van der Waals surface area contributed by atoms with Gasteiger partial charge in [-0.2, -0.15) is 5.26 Å². The molecule has 3 N–H and O–H groups in total. The van der Waals surface area contributed by atoms with Crippen molar-refractivity contribution in [3.63, 3.8) is 0 Å². The van der Waals surface area contributed by atoms with E-state index < -0.39 is 0 Å². The number of piperidine rings is 1. The molecule has 0 unspecified atom stereocenters. The van der Waals surface area contributed by atoms with Gasteiger partial charge in [-0.1, -0.05) is 0 Å². The van der Waals surface area contributed by atoms with Gasteiger partial charge in [-0.3, -0.25) is 4.98 Å². The molecule has 6 heterocycles. The number of aromatic nitrogens is 7. The van der Waals surface area contributed by atoms with E-state index in [-0.39, 0.29) is 11.9 Å². The number of nitriles is 1. The Kier molecular flexibility index (Phi) is 6.24. The molecular formula is C29H27N11O. The maximum Gasteiger partial charge on any atom is 0.234 e. The monoisotopic (exact) mass is 545 g/mol. The number of hydrogen-bond acceptors (Lipinski definition) is 11. The third-order valence-electron chi connectivity index (χ3n) is 7.25. The van der Waals surface area contributed by atoms with Crippen LogP contribution in [-0.2, 0) is 0 Å². The Hall–Kier alpha value is -5.31. The molecule has 1 saturated carbocycles. The number of nitrogens with zero attached hydrogens (tertiary/aromatic N) is 9. The largest absolute Gasteiger partial charge is 0.489 e. The molecule has 5 aromatic rings. The molecule has 0 spiro atoms. The number of imidazole rings is 1. The standard InChI is InChI=1S/C29H27N11O/c30-16-26-32-13-9-25(38-26)35-18-10-14-39(15-11-18)40-28(21-2-1-12-33-27(21)31)37-24-8-7-23(36-29(24)40)22-6-5-20(17-34-22)41-19-3-4-19/h1-2,5-9,12-13,17-19H,3-4,10-11,14-15H2,(H2,31,33)(H,32,35,38). The van der Waals surface area contributed by atoms with Crippen molar-refractivity contribution in [3.8, 4) is 34.6 Å². The number of nitrogens with two attached hydrogens (primary N) is 1. The molecule has 0 aromatic carbocycles. The number of rotatable bonds is 7. The van der Waals surface area contributed by atoms with E-state index >= 15 is 0 Å². The molecular weight excluding hydrogens is 518 g/mol. The highest BCUT2D eigenvalue weighted by atomic mass is 16.5. The molecule has 204 valence electrons. The first-order valence-electron chi connectivity index (χ1n) is 13.6. The second kappa shape index (κ2) is 10.3. The zero-order valence-electron chi connectivity index (χ0n) is 22.2. The van der Waals surface area contributed by atoms with Crippen LogP contribution in [0.5, 0.6) is 5.75 Å². The van der Waals surface area contributed by atoms with Crippen LogP contribution in [0.3, 0.4) is 0 Å². The predicted molar refractivity (Wildman–Crippen MR) is 153 cm³/mol. The molecule has 1 saturated heterocycles. The van der Waals surface area contributed by atoms with Gasteiger partial charge in [0.05, 0.1) is 29.3 Å². The summed E-state index contributed by atoms with van der Waals surface area (Å²) in [6.07, 6.45) is 9.24. The van der Waals surface area contributed by atoms with Gasteiger partial charge in [0.2, 0.25) is 5.82 Å². The van der Waals surface area contributed by atoms with E-state index in [0.29, 0.717) is 23.6 Å². The van der Waals surface area contributed by atoms with Gasteiger partial charge in [0.25, 0.3) is 0 Å². The number of fused-ring (bicyclic) bond motifs is 1. The van der Waals surface area contributed by atoms with E-state index in [4.69, 9.17) is 25.7 Å². The Morgan fingerprint density at radius 2 is 1.76 bits per heavy atom. The summed E-state index contributed by atoms with van der Waals surface area (Å²) >= 11 is 0. The minimum absolute atomic E-state index is 0.150. The van der Waals surface area contributed by atoms with Crippen molar-refractivity contribution in [2.24, 2.45) is 0 Å². The number of ether oxygens (including phenoxy) is 1. The summed E-state index contributed by atoms with van der Waals surface area (Å²) in [5, 5.41) is 14.8. The molecule has 12 heteroatoms. The SMILES string of the molecule is N#Cc1nccc(NC2CCN(n3c(-c4cccnc4N)nc4ccc(-c5ccc(OC6CC6)cn5)nc43)CC2)n1. The molecule has 0 amide bonds. The van der Waals surface area contributed by atoms with Gasteiger partial charge in [-0.25, -0.2) is 29.6 Å².